The first kappa shape index (κ1) is 25.0. The van der Waals surface area contributed by atoms with Crippen LogP contribution in [-0.2, 0) is 17.8 Å². The van der Waals surface area contributed by atoms with E-state index in [-0.39, 0.29) is 24.0 Å². The normalized spacial score (nSPS) is 10.8. The Kier molecular flexibility index (Phi) is 12.1. The highest BCUT2D eigenvalue weighted by atomic mass is 127. The Hall–Kier alpha value is -2.07. The van der Waals surface area contributed by atoms with E-state index in [1.807, 2.05) is 32.0 Å². The van der Waals surface area contributed by atoms with Crippen molar-refractivity contribution in [2.45, 2.75) is 26.9 Å². The van der Waals surface area contributed by atoms with Gasteiger partial charge in [-0.05, 0) is 31.5 Å². The minimum atomic E-state index is 0. The predicted octanol–water partition coefficient (Wildman–Crippen LogP) is 3.30. The fourth-order valence-corrected chi connectivity index (χ4v) is 2.62. The van der Waals surface area contributed by atoms with Gasteiger partial charge in [0.15, 0.2) is 5.96 Å². The number of aryl methyl sites for hydroxylation is 1. The topological polar surface area (TPSA) is 77.0 Å². The van der Waals surface area contributed by atoms with Crippen molar-refractivity contribution in [2.24, 2.45) is 4.99 Å². The van der Waals surface area contributed by atoms with Gasteiger partial charge < -0.3 is 24.8 Å². The number of hydrogen-bond donors (Lipinski definition) is 2. The molecule has 2 rings (SSSR count). The predicted molar refractivity (Wildman–Crippen MR) is 126 cm³/mol. The fraction of sp³-hybridized carbons (Fsp3) is 0.429. The number of halogens is 1. The average molecular weight is 514 g/mol. The highest BCUT2D eigenvalue weighted by Crippen LogP contribution is 2.20. The van der Waals surface area contributed by atoms with E-state index in [1.54, 1.807) is 20.4 Å². The van der Waals surface area contributed by atoms with Crippen LogP contribution in [0.1, 0.15) is 23.6 Å². The number of pyridine rings is 1. The maximum atomic E-state index is 5.90. The summed E-state index contributed by atoms with van der Waals surface area (Å²) in [5.74, 6) is 2.15. The molecule has 160 valence electrons. The van der Waals surface area contributed by atoms with E-state index in [4.69, 9.17) is 14.2 Å². The van der Waals surface area contributed by atoms with Gasteiger partial charge in [-0.25, -0.2) is 4.98 Å². The average Bonchev–Trinajstić information content (AvgIpc) is 2.72. The van der Waals surface area contributed by atoms with Gasteiger partial charge >= 0.3 is 0 Å². The Morgan fingerprint density at radius 2 is 1.86 bits per heavy atom. The fourth-order valence-electron chi connectivity index (χ4n) is 2.62. The molecule has 2 aromatic rings. The highest BCUT2D eigenvalue weighted by molar-refractivity contribution is 14.0. The summed E-state index contributed by atoms with van der Waals surface area (Å²) >= 11 is 0. The molecule has 0 radical (unpaired) electrons. The van der Waals surface area contributed by atoms with Gasteiger partial charge in [0, 0.05) is 44.1 Å². The minimum Gasteiger partial charge on any atom is -0.491 e. The summed E-state index contributed by atoms with van der Waals surface area (Å²) in [6.07, 6.45) is 1.71. The Balaban J connectivity index is 0.00000420. The van der Waals surface area contributed by atoms with Gasteiger partial charge in [0.25, 0.3) is 0 Å². The SMILES string of the molecule is CCOCCOc1cc(C)ccc1CNC(=NC)NCc1cccnc1OC.I. The zero-order valence-electron chi connectivity index (χ0n) is 17.5. The number of methoxy groups -OCH3 is 1. The third-order valence-electron chi connectivity index (χ3n) is 4.07. The molecule has 0 fully saturated rings. The lowest BCUT2D eigenvalue weighted by atomic mass is 10.1. The minimum absolute atomic E-state index is 0. The molecule has 0 amide bonds. The summed E-state index contributed by atoms with van der Waals surface area (Å²) in [6, 6.07) is 10.0. The molecule has 0 aliphatic heterocycles. The van der Waals surface area contributed by atoms with Gasteiger partial charge in [0.05, 0.1) is 13.7 Å². The van der Waals surface area contributed by atoms with Crippen molar-refractivity contribution in [1.29, 1.82) is 0 Å². The summed E-state index contributed by atoms with van der Waals surface area (Å²) in [5.41, 5.74) is 3.17. The van der Waals surface area contributed by atoms with Crippen LogP contribution < -0.4 is 20.1 Å². The molecule has 1 heterocycles. The summed E-state index contributed by atoms with van der Waals surface area (Å²) in [5, 5.41) is 6.60. The summed E-state index contributed by atoms with van der Waals surface area (Å²) < 4.78 is 16.5. The second-order valence-electron chi connectivity index (χ2n) is 6.11. The molecule has 8 heteroatoms. The number of benzene rings is 1. The lowest BCUT2D eigenvalue weighted by Crippen LogP contribution is -2.36. The van der Waals surface area contributed by atoms with Crippen molar-refractivity contribution in [3.8, 4) is 11.6 Å². The largest absolute Gasteiger partial charge is 0.491 e. The van der Waals surface area contributed by atoms with Gasteiger partial charge in [-0.3, -0.25) is 4.99 Å². The van der Waals surface area contributed by atoms with E-state index in [2.05, 4.69) is 32.7 Å². The lowest BCUT2D eigenvalue weighted by molar-refractivity contribution is 0.110. The molecule has 0 atom stereocenters. The molecule has 0 aliphatic carbocycles. The molecule has 0 aliphatic rings. The first-order chi connectivity index (χ1) is 13.7. The summed E-state index contributed by atoms with van der Waals surface area (Å²) in [7, 11) is 3.35. The second-order valence-corrected chi connectivity index (χ2v) is 6.11. The highest BCUT2D eigenvalue weighted by Gasteiger charge is 2.08. The first-order valence-corrected chi connectivity index (χ1v) is 9.40. The lowest BCUT2D eigenvalue weighted by Gasteiger charge is -2.16. The van der Waals surface area contributed by atoms with Crippen LogP contribution in [0.5, 0.6) is 11.6 Å². The first-order valence-electron chi connectivity index (χ1n) is 9.40. The van der Waals surface area contributed by atoms with Crippen molar-refractivity contribution in [1.82, 2.24) is 15.6 Å². The van der Waals surface area contributed by atoms with Gasteiger partial charge in [0.2, 0.25) is 5.88 Å². The third-order valence-corrected chi connectivity index (χ3v) is 4.07. The van der Waals surface area contributed by atoms with Crippen LogP contribution >= 0.6 is 24.0 Å². The molecular weight excluding hydrogens is 483 g/mol. The van der Waals surface area contributed by atoms with E-state index in [0.29, 0.717) is 44.7 Å². The second kappa shape index (κ2) is 14.0. The maximum absolute atomic E-state index is 5.90. The molecule has 1 aromatic heterocycles. The molecule has 0 saturated heterocycles. The Bertz CT molecular complexity index is 771. The van der Waals surface area contributed by atoms with Crippen LogP contribution in [0.3, 0.4) is 0 Å². The smallest absolute Gasteiger partial charge is 0.218 e. The number of aromatic nitrogens is 1. The van der Waals surface area contributed by atoms with E-state index >= 15 is 0 Å². The molecular formula is C21H31IN4O3. The Morgan fingerprint density at radius 1 is 1.10 bits per heavy atom. The van der Waals surface area contributed by atoms with Crippen molar-refractivity contribution in [3.05, 3.63) is 53.2 Å². The molecule has 2 N–H and O–H groups in total. The van der Waals surface area contributed by atoms with Gasteiger partial charge in [-0.1, -0.05) is 18.2 Å². The molecule has 0 unspecified atom stereocenters. The van der Waals surface area contributed by atoms with Gasteiger partial charge in [-0.15, -0.1) is 24.0 Å². The molecule has 7 nitrogen and oxygen atoms in total. The zero-order valence-corrected chi connectivity index (χ0v) is 19.9. The number of guanidine groups is 1. The molecule has 29 heavy (non-hydrogen) atoms. The van der Waals surface area contributed by atoms with Crippen molar-refractivity contribution < 1.29 is 14.2 Å². The Morgan fingerprint density at radius 3 is 2.55 bits per heavy atom. The molecule has 0 saturated carbocycles. The van der Waals surface area contributed by atoms with E-state index in [9.17, 15) is 0 Å². The number of aliphatic imine (C=N–C) groups is 1. The van der Waals surface area contributed by atoms with E-state index in [0.717, 1.165) is 22.4 Å². The number of hydrogen-bond acceptors (Lipinski definition) is 5. The molecule has 0 bridgehead atoms. The van der Waals surface area contributed by atoms with E-state index in [1.165, 1.54) is 0 Å². The summed E-state index contributed by atoms with van der Waals surface area (Å²) in [4.78, 5) is 8.49. The quantitative estimate of drug-likeness (QED) is 0.219. The maximum Gasteiger partial charge on any atom is 0.218 e. The Labute approximate surface area is 190 Å². The van der Waals surface area contributed by atoms with Gasteiger partial charge in [0.1, 0.15) is 12.4 Å². The number of nitrogens with zero attached hydrogens (tertiary/aromatic N) is 2. The van der Waals surface area contributed by atoms with Crippen LogP contribution in [0.15, 0.2) is 41.5 Å². The van der Waals surface area contributed by atoms with Crippen LogP contribution in [0.2, 0.25) is 0 Å². The zero-order chi connectivity index (χ0) is 20.2. The van der Waals surface area contributed by atoms with Crippen LogP contribution in [0.4, 0.5) is 0 Å². The van der Waals surface area contributed by atoms with Crippen molar-refractivity contribution in [2.75, 3.05) is 34.0 Å². The molecule has 1 aromatic carbocycles. The molecule has 0 spiro atoms. The third kappa shape index (κ3) is 8.45. The standard InChI is InChI=1S/C21H30N4O3.HI/c1-5-27-11-12-28-19-13-16(2)8-9-17(19)14-24-21(22-3)25-15-18-7-6-10-23-20(18)26-4;/h6-10,13H,5,11-12,14-15H2,1-4H3,(H2,22,24,25);1H. The van der Waals surface area contributed by atoms with Crippen molar-refractivity contribution >= 4 is 29.9 Å². The van der Waals surface area contributed by atoms with E-state index < -0.39 is 0 Å². The number of ether oxygens (including phenoxy) is 3. The summed E-state index contributed by atoms with van der Waals surface area (Å²) in [6.45, 7) is 6.97. The van der Waals surface area contributed by atoms with Crippen LogP contribution in [0.25, 0.3) is 0 Å². The number of rotatable bonds is 10. The van der Waals surface area contributed by atoms with Crippen LogP contribution in [0, 0.1) is 6.92 Å². The van der Waals surface area contributed by atoms with Crippen molar-refractivity contribution in [3.63, 3.8) is 0 Å². The van der Waals surface area contributed by atoms with Gasteiger partial charge in [-0.2, -0.15) is 0 Å². The van der Waals surface area contributed by atoms with Crippen LogP contribution in [-0.4, -0.2) is 44.9 Å². The monoisotopic (exact) mass is 514 g/mol. The number of nitrogens with one attached hydrogen (secondary N) is 2.